The third-order valence-electron chi connectivity index (χ3n) is 5.29. The Morgan fingerprint density at radius 1 is 1.25 bits per heavy atom. The molecule has 4 rings (SSSR count). The first-order valence-corrected chi connectivity index (χ1v) is 9.67. The first kappa shape index (κ1) is 18.2. The summed E-state index contributed by atoms with van der Waals surface area (Å²) < 4.78 is 0. The minimum absolute atomic E-state index is 0.0164. The molecule has 146 valence electrons. The van der Waals surface area contributed by atoms with E-state index in [0.29, 0.717) is 23.0 Å². The summed E-state index contributed by atoms with van der Waals surface area (Å²) in [5.74, 6) is -0.169. The lowest BCUT2D eigenvalue weighted by Crippen LogP contribution is -2.33. The topological polar surface area (TPSA) is 113 Å². The van der Waals surface area contributed by atoms with E-state index in [2.05, 4.69) is 27.5 Å². The predicted molar refractivity (Wildman–Crippen MR) is 108 cm³/mol. The molecule has 1 aromatic heterocycles. The molecule has 0 spiro atoms. The third kappa shape index (κ3) is 3.49. The highest BCUT2D eigenvalue weighted by Crippen LogP contribution is 2.37. The van der Waals surface area contributed by atoms with E-state index in [4.69, 9.17) is 5.73 Å². The van der Waals surface area contributed by atoms with E-state index in [9.17, 15) is 9.59 Å². The van der Waals surface area contributed by atoms with Gasteiger partial charge in [0, 0.05) is 25.2 Å². The molecule has 4 N–H and O–H groups in total. The molecule has 8 heteroatoms. The molecule has 0 aliphatic carbocycles. The van der Waals surface area contributed by atoms with Crippen molar-refractivity contribution in [2.75, 3.05) is 34.4 Å². The largest absolute Gasteiger partial charge is 0.383 e. The molecule has 8 nitrogen and oxygen atoms in total. The average molecular weight is 380 g/mol. The molecule has 3 heterocycles. The number of hydrogen-bond acceptors (Lipinski definition) is 6. The van der Waals surface area contributed by atoms with Crippen LogP contribution in [0.25, 0.3) is 0 Å². The summed E-state index contributed by atoms with van der Waals surface area (Å²) >= 11 is 0. The summed E-state index contributed by atoms with van der Waals surface area (Å²) in [4.78, 5) is 36.1. The Balaban J connectivity index is 1.61. The molecule has 1 unspecified atom stereocenters. The van der Waals surface area contributed by atoms with Gasteiger partial charge in [0.1, 0.15) is 11.6 Å². The number of carbonyl (C=O) groups excluding carboxylic acids is 2. The number of nitrogens with two attached hydrogens (primary N) is 1. The van der Waals surface area contributed by atoms with E-state index in [1.165, 1.54) is 5.56 Å². The minimum atomic E-state index is -0.720. The van der Waals surface area contributed by atoms with Crippen LogP contribution in [-0.2, 0) is 16.0 Å². The molecule has 1 saturated heterocycles. The van der Waals surface area contributed by atoms with Gasteiger partial charge in [-0.15, -0.1) is 0 Å². The van der Waals surface area contributed by atoms with Crippen molar-refractivity contribution >= 4 is 35.1 Å². The van der Waals surface area contributed by atoms with Crippen LogP contribution in [-0.4, -0.2) is 34.9 Å². The van der Waals surface area contributed by atoms with Crippen LogP contribution in [0.1, 0.15) is 43.2 Å². The van der Waals surface area contributed by atoms with E-state index in [0.717, 1.165) is 32.4 Å². The average Bonchev–Trinajstić information content (AvgIpc) is 3.22. The highest BCUT2D eigenvalue weighted by Gasteiger charge is 2.35. The van der Waals surface area contributed by atoms with Crippen LogP contribution in [0.3, 0.4) is 0 Å². The predicted octanol–water partition coefficient (Wildman–Crippen LogP) is 2.29. The van der Waals surface area contributed by atoms with Gasteiger partial charge < -0.3 is 21.3 Å². The molecule has 0 radical (unpaired) electrons. The second-order valence-electron chi connectivity index (χ2n) is 7.21. The molecule has 1 atom stereocenters. The molecule has 1 aromatic carbocycles. The summed E-state index contributed by atoms with van der Waals surface area (Å²) in [6.07, 6.45) is 3.10. The van der Waals surface area contributed by atoms with Gasteiger partial charge in [0.2, 0.25) is 17.8 Å². The third-order valence-corrected chi connectivity index (χ3v) is 5.29. The van der Waals surface area contributed by atoms with Gasteiger partial charge in [0.25, 0.3) is 0 Å². The molecule has 28 heavy (non-hydrogen) atoms. The molecule has 0 bridgehead atoms. The normalized spacial score (nSPS) is 18.5. The van der Waals surface area contributed by atoms with Gasteiger partial charge in [-0.25, -0.2) is 0 Å². The number of fused-ring (bicyclic) bond motifs is 1. The summed E-state index contributed by atoms with van der Waals surface area (Å²) in [7, 11) is 0. The Morgan fingerprint density at radius 2 is 1.96 bits per heavy atom. The SMILES string of the molecule is CCc1ccc(NC(=O)C2CC(=O)Nc3nc(N4CCCC4)nc(N)c32)cc1. The molecular weight excluding hydrogens is 356 g/mol. The lowest BCUT2D eigenvalue weighted by Gasteiger charge is -2.26. The van der Waals surface area contributed by atoms with Gasteiger partial charge in [-0.05, 0) is 37.0 Å². The van der Waals surface area contributed by atoms with Gasteiger partial charge in [0.05, 0.1) is 11.5 Å². The maximum atomic E-state index is 12.9. The summed E-state index contributed by atoms with van der Waals surface area (Å²) in [5.41, 5.74) is 8.57. The fourth-order valence-electron chi connectivity index (χ4n) is 3.72. The summed E-state index contributed by atoms with van der Waals surface area (Å²) in [6, 6.07) is 7.65. The van der Waals surface area contributed by atoms with Gasteiger partial charge in [-0.1, -0.05) is 19.1 Å². The minimum Gasteiger partial charge on any atom is -0.383 e. The van der Waals surface area contributed by atoms with E-state index < -0.39 is 5.92 Å². The fraction of sp³-hybridized carbons (Fsp3) is 0.400. The molecular formula is C20H24N6O2. The Morgan fingerprint density at radius 3 is 2.64 bits per heavy atom. The molecule has 2 aliphatic heterocycles. The number of nitrogens with zero attached hydrogens (tertiary/aromatic N) is 3. The van der Waals surface area contributed by atoms with Crippen LogP contribution in [0.2, 0.25) is 0 Å². The molecule has 2 aliphatic rings. The number of nitrogens with one attached hydrogen (secondary N) is 2. The van der Waals surface area contributed by atoms with E-state index in [-0.39, 0.29) is 24.1 Å². The van der Waals surface area contributed by atoms with Crippen molar-refractivity contribution in [3.63, 3.8) is 0 Å². The number of amides is 2. The highest BCUT2D eigenvalue weighted by atomic mass is 16.2. The fourth-order valence-corrected chi connectivity index (χ4v) is 3.72. The van der Waals surface area contributed by atoms with Crippen molar-refractivity contribution in [2.24, 2.45) is 0 Å². The quantitative estimate of drug-likeness (QED) is 0.750. The lowest BCUT2D eigenvalue weighted by molar-refractivity contribution is -0.123. The maximum Gasteiger partial charge on any atom is 0.232 e. The highest BCUT2D eigenvalue weighted by molar-refractivity contribution is 6.05. The molecule has 0 saturated carbocycles. The number of rotatable bonds is 4. The smallest absolute Gasteiger partial charge is 0.232 e. The van der Waals surface area contributed by atoms with Crippen LogP contribution in [0, 0.1) is 0 Å². The monoisotopic (exact) mass is 380 g/mol. The number of aryl methyl sites for hydroxylation is 1. The van der Waals surface area contributed by atoms with Gasteiger partial charge in [-0.3, -0.25) is 9.59 Å². The van der Waals surface area contributed by atoms with Gasteiger partial charge >= 0.3 is 0 Å². The Kier molecular flexibility index (Phi) is 4.85. The zero-order chi connectivity index (χ0) is 19.7. The van der Waals surface area contributed by atoms with Crippen molar-refractivity contribution in [3.05, 3.63) is 35.4 Å². The van der Waals surface area contributed by atoms with E-state index in [1.807, 2.05) is 29.2 Å². The summed E-state index contributed by atoms with van der Waals surface area (Å²) in [5, 5.41) is 5.63. The lowest BCUT2D eigenvalue weighted by atomic mass is 9.92. The van der Waals surface area contributed by atoms with Crippen molar-refractivity contribution < 1.29 is 9.59 Å². The zero-order valence-corrected chi connectivity index (χ0v) is 15.9. The van der Waals surface area contributed by atoms with Crippen molar-refractivity contribution in [1.82, 2.24) is 9.97 Å². The zero-order valence-electron chi connectivity index (χ0n) is 15.9. The van der Waals surface area contributed by atoms with Crippen LogP contribution >= 0.6 is 0 Å². The Hall–Kier alpha value is -3.16. The number of aromatic nitrogens is 2. The second-order valence-corrected chi connectivity index (χ2v) is 7.21. The van der Waals surface area contributed by atoms with Crippen LogP contribution in [0.4, 0.5) is 23.3 Å². The number of anilines is 4. The van der Waals surface area contributed by atoms with Crippen LogP contribution < -0.4 is 21.3 Å². The van der Waals surface area contributed by atoms with Crippen molar-refractivity contribution in [2.45, 2.75) is 38.5 Å². The van der Waals surface area contributed by atoms with Crippen LogP contribution in [0.15, 0.2) is 24.3 Å². The van der Waals surface area contributed by atoms with Crippen molar-refractivity contribution in [3.8, 4) is 0 Å². The first-order chi connectivity index (χ1) is 13.5. The van der Waals surface area contributed by atoms with Crippen LogP contribution in [0.5, 0.6) is 0 Å². The Labute approximate surface area is 163 Å². The van der Waals surface area contributed by atoms with E-state index in [1.54, 1.807) is 0 Å². The van der Waals surface area contributed by atoms with Gasteiger partial charge in [-0.2, -0.15) is 9.97 Å². The number of nitrogen functional groups attached to an aromatic ring is 1. The molecule has 2 amide bonds. The number of benzene rings is 1. The van der Waals surface area contributed by atoms with E-state index >= 15 is 0 Å². The summed E-state index contributed by atoms with van der Waals surface area (Å²) in [6.45, 7) is 3.80. The van der Waals surface area contributed by atoms with Gasteiger partial charge in [0.15, 0.2) is 0 Å². The number of carbonyl (C=O) groups is 2. The maximum absolute atomic E-state index is 12.9. The van der Waals surface area contributed by atoms with Crippen molar-refractivity contribution in [1.29, 1.82) is 0 Å². The Bertz CT molecular complexity index is 906. The molecule has 1 fully saturated rings. The standard InChI is InChI=1S/C20H24N6O2/c1-2-12-5-7-13(8-6-12)22-19(28)14-11-15(27)23-18-16(14)17(21)24-20(25-18)26-9-3-4-10-26/h5-8,14H,2-4,9-11H2,1H3,(H,22,28)(H3,21,23,24,25,27). The second kappa shape index (κ2) is 7.46. The first-order valence-electron chi connectivity index (χ1n) is 9.67. The molecule has 2 aromatic rings. The number of hydrogen-bond donors (Lipinski definition) is 3.